The van der Waals surface area contributed by atoms with Crippen LogP contribution in [0.25, 0.3) is 0 Å². The highest BCUT2D eigenvalue weighted by atomic mass is 32.2. The first-order valence-electron chi connectivity index (χ1n) is 5.58. The first-order valence-corrected chi connectivity index (χ1v) is 7.40. The SMILES string of the molecule is CCCS(=O)(=O)CCOC(=O)Cn1ccc(N)n1. The number of carbonyl (C=O) groups is 1. The van der Waals surface area contributed by atoms with E-state index in [4.69, 9.17) is 10.5 Å². The molecule has 0 aromatic carbocycles. The Hall–Kier alpha value is -1.57. The van der Waals surface area contributed by atoms with Gasteiger partial charge in [-0.3, -0.25) is 9.48 Å². The maximum Gasteiger partial charge on any atom is 0.327 e. The van der Waals surface area contributed by atoms with E-state index in [1.165, 1.54) is 4.68 Å². The molecule has 1 aromatic heterocycles. The quantitative estimate of drug-likeness (QED) is 0.693. The molecule has 0 aliphatic carbocycles. The van der Waals surface area contributed by atoms with Crippen molar-refractivity contribution in [2.45, 2.75) is 19.9 Å². The second-order valence-electron chi connectivity index (χ2n) is 3.81. The minimum absolute atomic E-state index is 0.0783. The molecule has 0 atom stereocenters. The van der Waals surface area contributed by atoms with Crippen molar-refractivity contribution in [1.82, 2.24) is 9.78 Å². The number of nitrogens with two attached hydrogens (primary N) is 1. The fraction of sp³-hybridized carbons (Fsp3) is 0.600. The van der Waals surface area contributed by atoms with E-state index in [-0.39, 0.29) is 24.7 Å². The van der Waals surface area contributed by atoms with Crippen molar-refractivity contribution in [2.24, 2.45) is 0 Å². The van der Waals surface area contributed by atoms with Gasteiger partial charge < -0.3 is 10.5 Å². The third kappa shape index (κ3) is 5.17. The number of anilines is 1. The van der Waals surface area contributed by atoms with E-state index in [0.717, 1.165) is 0 Å². The zero-order valence-corrected chi connectivity index (χ0v) is 11.0. The van der Waals surface area contributed by atoms with Gasteiger partial charge in [-0.15, -0.1) is 0 Å². The van der Waals surface area contributed by atoms with Crippen molar-refractivity contribution in [2.75, 3.05) is 23.8 Å². The maximum absolute atomic E-state index is 11.3. The first-order chi connectivity index (χ1) is 8.43. The summed E-state index contributed by atoms with van der Waals surface area (Å²) in [6, 6.07) is 1.55. The van der Waals surface area contributed by atoms with Crippen LogP contribution in [0.15, 0.2) is 12.3 Å². The fourth-order valence-corrected chi connectivity index (χ4v) is 2.50. The summed E-state index contributed by atoms with van der Waals surface area (Å²) in [6.07, 6.45) is 2.10. The van der Waals surface area contributed by atoms with Crippen LogP contribution in [0, 0.1) is 0 Å². The molecule has 18 heavy (non-hydrogen) atoms. The summed E-state index contributed by atoms with van der Waals surface area (Å²) in [5, 5.41) is 3.81. The molecule has 0 saturated heterocycles. The molecule has 0 aliphatic heterocycles. The van der Waals surface area contributed by atoms with Crippen LogP contribution < -0.4 is 5.73 Å². The molecule has 0 saturated carbocycles. The van der Waals surface area contributed by atoms with Crippen LogP contribution in [0.3, 0.4) is 0 Å². The van der Waals surface area contributed by atoms with Crippen LogP contribution in [0.2, 0.25) is 0 Å². The van der Waals surface area contributed by atoms with Crippen molar-refractivity contribution in [1.29, 1.82) is 0 Å². The Morgan fingerprint density at radius 3 is 2.78 bits per heavy atom. The fourth-order valence-electron chi connectivity index (χ4n) is 1.34. The number of esters is 1. The number of sulfone groups is 1. The molecule has 1 aromatic rings. The van der Waals surface area contributed by atoms with Crippen molar-refractivity contribution < 1.29 is 17.9 Å². The standard InChI is InChI=1S/C10H17N3O4S/c1-2-6-18(15,16)7-5-17-10(14)8-13-4-3-9(11)12-13/h3-4H,2,5-8H2,1H3,(H2,11,12). The highest BCUT2D eigenvalue weighted by molar-refractivity contribution is 7.91. The van der Waals surface area contributed by atoms with E-state index in [2.05, 4.69) is 5.10 Å². The van der Waals surface area contributed by atoms with Crippen LogP contribution in [-0.2, 0) is 25.9 Å². The molecule has 0 amide bonds. The van der Waals surface area contributed by atoms with Crippen LogP contribution in [0.1, 0.15) is 13.3 Å². The Labute approximate surface area is 106 Å². The topological polar surface area (TPSA) is 104 Å². The molecule has 0 fully saturated rings. The Bertz CT molecular complexity index is 495. The lowest BCUT2D eigenvalue weighted by molar-refractivity contribution is -0.143. The summed E-state index contributed by atoms with van der Waals surface area (Å²) < 4.78 is 28.8. The molecular weight excluding hydrogens is 258 g/mol. The second kappa shape index (κ2) is 6.39. The minimum Gasteiger partial charge on any atom is -0.463 e. The van der Waals surface area contributed by atoms with E-state index in [0.29, 0.717) is 12.2 Å². The predicted molar refractivity (Wildman–Crippen MR) is 66.5 cm³/mol. The molecule has 0 unspecified atom stereocenters. The van der Waals surface area contributed by atoms with Gasteiger partial charge in [0.15, 0.2) is 9.84 Å². The van der Waals surface area contributed by atoms with Crippen molar-refractivity contribution in [3.05, 3.63) is 12.3 Å². The highest BCUT2D eigenvalue weighted by Gasteiger charge is 2.11. The van der Waals surface area contributed by atoms with Crippen LogP contribution in [0.5, 0.6) is 0 Å². The van der Waals surface area contributed by atoms with E-state index in [1.807, 2.05) is 0 Å². The van der Waals surface area contributed by atoms with Gasteiger partial charge >= 0.3 is 5.97 Å². The largest absolute Gasteiger partial charge is 0.463 e. The minimum atomic E-state index is -3.12. The van der Waals surface area contributed by atoms with Gasteiger partial charge in [-0.25, -0.2) is 8.42 Å². The Morgan fingerprint density at radius 1 is 1.50 bits per heavy atom. The molecular formula is C10H17N3O4S. The number of aromatic nitrogens is 2. The van der Waals surface area contributed by atoms with Gasteiger partial charge in [0.05, 0.1) is 11.5 Å². The number of hydrogen-bond donors (Lipinski definition) is 1. The first kappa shape index (κ1) is 14.5. The Kier molecular flexibility index (Phi) is 5.14. The molecule has 2 N–H and O–H groups in total. The Morgan fingerprint density at radius 2 is 2.22 bits per heavy atom. The number of ether oxygens (including phenoxy) is 1. The van der Waals surface area contributed by atoms with E-state index in [9.17, 15) is 13.2 Å². The van der Waals surface area contributed by atoms with Crippen molar-refractivity contribution in [3.8, 4) is 0 Å². The lowest BCUT2D eigenvalue weighted by Gasteiger charge is -2.05. The summed E-state index contributed by atoms with van der Waals surface area (Å²) in [5.74, 6) is -0.258. The molecule has 7 nitrogen and oxygen atoms in total. The zero-order valence-electron chi connectivity index (χ0n) is 10.2. The maximum atomic E-state index is 11.3. The van der Waals surface area contributed by atoms with E-state index >= 15 is 0 Å². The Balaban J connectivity index is 2.30. The molecule has 0 radical (unpaired) electrons. The predicted octanol–water partition coefficient (Wildman–Crippen LogP) is -0.167. The number of hydrogen-bond acceptors (Lipinski definition) is 6. The molecule has 0 aliphatic rings. The van der Waals surface area contributed by atoms with Gasteiger partial charge in [-0.05, 0) is 12.5 Å². The van der Waals surface area contributed by atoms with E-state index in [1.54, 1.807) is 19.2 Å². The van der Waals surface area contributed by atoms with Crippen LogP contribution in [0.4, 0.5) is 5.82 Å². The molecule has 0 bridgehead atoms. The lowest BCUT2D eigenvalue weighted by Crippen LogP contribution is -2.20. The average molecular weight is 275 g/mol. The van der Waals surface area contributed by atoms with Gasteiger partial charge in [0.2, 0.25) is 0 Å². The molecule has 0 spiro atoms. The third-order valence-electron chi connectivity index (χ3n) is 2.12. The van der Waals surface area contributed by atoms with Gasteiger partial charge in [-0.2, -0.15) is 5.10 Å². The summed E-state index contributed by atoms with van der Waals surface area (Å²) >= 11 is 0. The van der Waals surface area contributed by atoms with Gasteiger partial charge in [-0.1, -0.05) is 6.92 Å². The van der Waals surface area contributed by atoms with Gasteiger partial charge in [0, 0.05) is 6.20 Å². The van der Waals surface area contributed by atoms with Crippen LogP contribution in [-0.4, -0.2) is 42.3 Å². The second-order valence-corrected chi connectivity index (χ2v) is 6.11. The van der Waals surface area contributed by atoms with Crippen LogP contribution >= 0.6 is 0 Å². The zero-order chi connectivity index (χ0) is 13.6. The third-order valence-corrected chi connectivity index (χ3v) is 3.94. The summed E-state index contributed by atoms with van der Waals surface area (Å²) in [7, 11) is -3.12. The monoisotopic (exact) mass is 275 g/mol. The van der Waals surface area contributed by atoms with Gasteiger partial charge in [0.25, 0.3) is 0 Å². The molecule has 1 heterocycles. The number of nitrogens with zero attached hydrogens (tertiary/aromatic N) is 2. The smallest absolute Gasteiger partial charge is 0.327 e. The van der Waals surface area contributed by atoms with Crippen molar-refractivity contribution in [3.63, 3.8) is 0 Å². The number of carbonyl (C=O) groups excluding carboxylic acids is 1. The van der Waals surface area contributed by atoms with E-state index < -0.39 is 15.8 Å². The summed E-state index contributed by atoms with van der Waals surface area (Å²) in [6.45, 7) is 1.58. The normalized spacial score (nSPS) is 11.4. The summed E-state index contributed by atoms with van der Waals surface area (Å²) in [5.41, 5.74) is 5.38. The molecule has 8 heteroatoms. The molecule has 1 rings (SSSR count). The van der Waals surface area contributed by atoms with Gasteiger partial charge in [0.1, 0.15) is 19.0 Å². The lowest BCUT2D eigenvalue weighted by atomic mass is 10.6. The number of rotatable bonds is 7. The average Bonchev–Trinajstić information content (AvgIpc) is 2.63. The highest BCUT2D eigenvalue weighted by Crippen LogP contribution is 1.97. The number of nitrogen functional groups attached to an aromatic ring is 1. The van der Waals surface area contributed by atoms with Crippen molar-refractivity contribution >= 4 is 21.6 Å². The summed E-state index contributed by atoms with van der Waals surface area (Å²) in [4.78, 5) is 11.3. The molecule has 102 valence electrons.